The summed E-state index contributed by atoms with van der Waals surface area (Å²) in [4.78, 5) is 14.1. The number of benzene rings is 1. The lowest BCUT2D eigenvalue weighted by Crippen LogP contribution is -2.25. The Morgan fingerprint density at radius 3 is 2.09 bits per heavy atom. The van der Waals surface area contributed by atoms with E-state index in [-0.39, 0.29) is 5.97 Å². The smallest absolute Gasteiger partial charge is 0.337 e. The standard InChI is InChI=1S/C19H21NO2/c1-22-19(21)13-8-10-16(11-9-13)20-17-6-2-4-14(17)12-15-5-3-7-18(15)20/h8-11H,2-7,12H2,1H3. The van der Waals surface area contributed by atoms with E-state index < -0.39 is 0 Å². The summed E-state index contributed by atoms with van der Waals surface area (Å²) in [6, 6.07) is 7.87. The lowest BCUT2D eigenvalue weighted by molar-refractivity contribution is 0.0601. The maximum Gasteiger partial charge on any atom is 0.337 e. The van der Waals surface area contributed by atoms with E-state index in [1.807, 2.05) is 12.1 Å². The van der Waals surface area contributed by atoms with Crippen LogP contribution >= 0.6 is 0 Å². The van der Waals surface area contributed by atoms with E-state index in [0.29, 0.717) is 5.56 Å². The van der Waals surface area contributed by atoms with Gasteiger partial charge in [-0.25, -0.2) is 4.79 Å². The number of hydrogen-bond donors (Lipinski definition) is 0. The van der Waals surface area contributed by atoms with Crippen molar-refractivity contribution < 1.29 is 9.53 Å². The summed E-state index contributed by atoms with van der Waals surface area (Å²) in [5.41, 5.74) is 8.12. The molecule has 1 aliphatic heterocycles. The fourth-order valence-corrected chi connectivity index (χ4v) is 4.10. The van der Waals surface area contributed by atoms with Gasteiger partial charge in [0.1, 0.15) is 0 Å². The molecule has 3 nitrogen and oxygen atoms in total. The van der Waals surface area contributed by atoms with E-state index in [2.05, 4.69) is 17.0 Å². The second kappa shape index (κ2) is 5.31. The minimum Gasteiger partial charge on any atom is -0.465 e. The first kappa shape index (κ1) is 13.6. The number of rotatable bonds is 2. The van der Waals surface area contributed by atoms with E-state index in [1.165, 1.54) is 69.1 Å². The molecule has 3 heteroatoms. The van der Waals surface area contributed by atoms with Crippen molar-refractivity contribution in [1.29, 1.82) is 0 Å². The van der Waals surface area contributed by atoms with Crippen LogP contribution in [-0.2, 0) is 4.74 Å². The summed E-state index contributed by atoms with van der Waals surface area (Å²) >= 11 is 0. The third-order valence-corrected chi connectivity index (χ3v) is 5.11. The molecule has 0 spiro atoms. The quantitative estimate of drug-likeness (QED) is 0.749. The maximum atomic E-state index is 11.6. The molecule has 3 aliphatic rings. The first-order chi connectivity index (χ1) is 10.8. The lowest BCUT2D eigenvalue weighted by atomic mass is 9.97. The van der Waals surface area contributed by atoms with Crippen molar-refractivity contribution in [2.75, 3.05) is 12.0 Å². The SMILES string of the molecule is COC(=O)c1ccc(N2C3=C(CCC3)CC3=C2CCC3)cc1. The maximum absolute atomic E-state index is 11.6. The summed E-state index contributed by atoms with van der Waals surface area (Å²) in [5.74, 6) is -0.272. The Morgan fingerprint density at radius 2 is 1.55 bits per heavy atom. The van der Waals surface area contributed by atoms with Gasteiger partial charge in [-0.05, 0) is 80.4 Å². The highest BCUT2D eigenvalue weighted by Gasteiger charge is 2.32. The second-order valence-corrected chi connectivity index (χ2v) is 6.36. The number of nitrogens with zero attached hydrogens (tertiary/aromatic N) is 1. The summed E-state index contributed by atoms with van der Waals surface area (Å²) in [5, 5.41) is 0. The average molecular weight is 295 g/mol. The number of methoxy groups -OCH3 is 1. The Morgan fingerprint density at radius 1 is 0.955 bits per heavy atom. The first-order valence-electron chi connectivity index (χ1n) is 8.18. The molecule has 1 heterocycles. The zero-order chi connectivity index (χ0) is 15.1. The Labute approximate surface area is 131 Å². The largest absolute Gasteiger partial charge is 0.465 e. The van der Waals surface area contributed by atoms with Gasteiger partial charge in [-0.1, -0.05) is 0 Å². The number of carbonyl (C=O) groups excluding carboxylic acids is 1. The molecular formula is C19H21NO2. The van der Waals surface area contributed by atoms with Crippen LogP contribution in [0.3, 0.4) is 0 Å². The van der Waals surface area contributed by atoms with E-state index in [1.54, 1.807) is 11.1 Å². The van der Waals surface area contributed by atoms with Crippen molar-refractivity contribution in [1.82, 2.24) is 0 Å². The molecule has 114 valence electrons. The number of esters is 1. The van der Waals surface area contributed by atoms with Crippen LogP contribution in [0.2, 0.25) is 0 Å². The molecule has 1 aromatic rings. The van der Waals surface area contributed by atoms with Crippen LogP contribution in [0.5, 0.6) is 0 Å². The van der Waals surface area contributed by atoms with Crippen LogP contribution in [0.15, 0.2) is 46.8 Å². The minimum absolute atomic E-state index is 0.272. The van der Waals surface area contributed by atoms with Crippen molar-refractivity contribution in [3.8, 4) is 0 Å². The second-order valence-electron chi connectivity index (χ2n) is 6.36. The number of anilines is 1. The number of ether oxygens (including phenoxy) is 1. The van der Waals surface area contributed by atoms with E-state index in [4.69, 9.17) is 4.74 Å². The molecule has 0 radical (unpaired) electrons. The Balaban J connectivity index is 1.72. The molecule has 0 saturated heterocycles. The van der Waals surface area contributed by atoms with Crippen molar-refractivity contribution in [2.24, 2.45) is 0 Å². The lowest BCUT2D eigenvalue weighted by Gasteiger charge is -2.33. The monoisotopic (exact) mass is 295 g/mol. The fourth-order valence-electron chi connectivity index (χ4n) is 4.10. The van der Waals surface area contributed by atoms with Gasteiger partial charge in [-0.15, -0.1) is 0 Å². The van der Waals surface area contributed by atoms with Crippen LogP contribution in [0.1, 0.15) is 55.3 Å². The van der Waals surface area contributed by atoms with Gasteiger partial charge in [-0.2, -0.15) is 0 Å². The van der Waals surface area contributed by atoms with Gasteiger partial charge < -0.3 is 9.64 Å². The van der Waals surface area contributed by atoms with Crippen LogP contribution in [-0.4, -0.2) is 13.1 Å². The zero-order valence-corrected chi connectivity index (χ0v) is 13.0. The van der Waals surface area contributed by atoms with Crippen molar-refractivity contribution >= 4 is 11.7 Å². The van der Waals surface area contributed by atoms with Gasteiger partial charge in [0.15, 0.2) is 0 Å². The van der Waals surface area contributed by atoms with Gasteiger partial charge in [0, 0.05) is 17.1 Å². The molecular weight excluding hydrogens is 274 g/mol. The molecule has 0 saturated carbocycles. The number of hydrogen-bond acceptors (Lipinski definition) is 3. The topological polar surface area (TPSA) is 29.5 Å². The number of allylic oxidation sites excluding steroid dienone is 4. The highest BCUT2D eigenvalue weighted by atomic mass is 16.5. The molecule has 0 N–H and O–H groups in total. The summed E-state index contributed by atoms with van der Waals surface area (Å²) in [6.45, 7) is 0. The van der Waals surface area contributed by atoms with Crippen LogP contribution in [0.4, 0.5) is 5.69 Å². The highest BCUT2D eigenvalue weighted by molar-refractivity contribution is 5.89. The normalized spacial score (nSPS) is 20.3. The van der Waals surface area contributed by atoms with Gasteiger partial charge in [0.05, 0.1) is 12.7 Å². The van der Waals surface area contributed by atoms with Crippen molar-refractivity contribution in [2.45, 2.75) is 44.9 Å². The molecule has 2 aliphatic carbocycles. The molecule has 0 amide bonds. The third-order valence-electron chi connectivity index (χ3n) is 5.11. The molecule has 0 atom stereocenters. The molecule has 0 fully saturated rings. The van der Waals surface area contributed by atoms with Crippen molar-refractivity contribution in [3.05, 3.63) is 52.4 Å². The molecule has 22 heavy (non-hydrogen) atoms. The van der Waals surface area contributed by atoms with E-state index in [9.17, 15) is 4.79 Å². The Bertz CT molecular complexity index is 652. The predicted octanol–water partition coefficient (Wildman–Crippen LogP) is 4.56. The fraction of sp³-hybridized carbons (Fsp3) is 0.421. The van der Waals surface area contributed by atoms with Gasteiger partial charge in [-0.3, -0.25) is 0 Å². The van der Waals surface area contributed by atoms with Crippen molar-refractivity contribution in [3.63, 3.8) is 0 Å². The minimum atomic E-state index is -0.272. The predicted molar refractivity (Wildman–Crippen MR) is 86.6 cm³/mol. The van der Waals surface area contributed by atoms with Gasteiger partial charge in [0.2, 0.25) is 0 Å². The third kappa shape index (κ3) is 2.07. The summed E-state index contributed by atoms with van der Waals surface area (Å²) < 4.78 is 4.79. The van der Waals surface area contributed by atoms with Gasteiger partial charge >= 0.3 is 5.97 Å². The molecule has 0 unspecified atom stereocenters. The average Bonchev–Trinajstić information content (AvgIpc) is 3.20. The van der Waals surface area contributed by atoms with Gasteiger partial charge in [0.25, 0.3) is 0 Å². The van der Waals surface area contributed by atoms with Crippen LogP contribution in [0, 0.1) is 0 Å². The molecule has 0 bridgehead atoms. The molecule has 0 aromatic heterocycles. The Kier molecular flexibility index (Phi) is 3.29. The molecule has 1 aromatic carbocycles. The number of carbonyl (C=O) groups is 1. The highest BCUT2D eigenvalue weighted by Crippen LogP contribution is 2.47. The van der Waals surface area contributed by atoms with Crippen LogP contribution < -0.4 is 4.90 Å². The summed E-state index contributed by atoms with van der Waals surface area (Å²) in [6.07, 6.45) is 8.65. The van der Waals surface area contributed by atoms with E-state index in [0.717, 1.165) is 0 Å². The zero-order valence-electron chi connectivity index (χ0n) is 13.0. The first-order valence-corrected chi connectivity index (χ1v) is 8.18. The van der Waals surface area contributed by atoms with Crippen LogP contribution in [0.25, 0.3) is 0 Å². The Hall–Kier alpha value is -2.03. The molecule has 4 rings (SSSR count). The van der Waals surface area contributed by atoms with E-state index >= 15 is 0 Å². The summed E-state index contributed by atoms with van der Waals surface area (Å²) in [7, 11) is 1.42.